The molecule has 2 heterocycles. The van der Waals surface area contributed by atoms with E-state index in [4.69, 9.17) is 4.42 Å². The number of fused-ring (bicyclic) bond motifs is 2. The number of nitro benzene ring substituents is 1. The van der Waals surface area contributed by atoms with E-state index < -0.39 is 10.7 Å². The highest BCUT2D eigenvalue weighted by molar-refractivity contribution is 7.22. The smallest absolute Gasteiger partial charge is 0.407 e. The average molecular weight is 384 g/mol. The van der Waals surface area contributed by atoms with Crippen LogP contribution in [-0.4, -0.2) is 27.4 Å². The molecule has 0 N–H and O–H groups in total. The molecule has 0 aliphatic carbocycles. The van der Waals surface area contributed by atoms with Crippen molar-refractivity contribution in [1.82, 2.24) is 9.55 Å². The van der Waals surface area contributed by atoms with E-state index in [9.17, 15) is 19.7 Å². The number of likely N-dealkylation sites (N-methyl/N-ethyl adjacent to an activating group) is 1. The standard InChI is InChI=1S/C17H12N4O5S/c1-19(16-18-11-4-2-3-5-14(11)27-16)15(22)9-20-12-7-6-10(21(24)25)8-13(12)26-17(20)23/h2-8H,9H2,1H3. The molecule has 0 spiro atoms. The van der Waals surface area contributed by atoms with Crippen LogP contribution in [0.15, 0.2) is 51.7 Å². The number of thiazole rings is 1. The topological polar surface area (TPSA) is 111 Å². The van der Waals surface area contributed by atoms with Crippen LogP contribution in [0.5, 0.6) is 0 Å². The van der Waals surface area contributed by atoms with Crippen LogP contribution in [0, 0.1) is 10.1 Å². The van der Waals surface area contributed by atoms with Crippen LogP contribution in [0.25, 0.3) is 21.3 Å². The minimum absolute atomic E-state index is 0.0599. The number of hydrogen-bond donors (Lipinski definition) is 0. The van der Waals surface area contributed by atoms with Gasteiger partial charge in [-0.15, -0.1) is 0 Å². The van der Waals surface area contributed by atoms with Crippen molar-refractivity contribution in [2.75, 3.05) is 11.9 Å². The molecule has 0 atom stereocenters. The van der Waals surface area contributed by atoms with E-state index in [-0.39, 0.29) is 23.7 Å². The molecule has 10 heteroatoms. The molecular formula is C17H12N4O5S. The summed E-state index contributed by atoms with van der Waals surface area (Å²) in [5, 5.41) is 11.4. The molecule has 0 radical (unpaired) electrons. The van der Waals surface area contributed by atoms with E-state index in [0.717, 1.165) is 20.9 Å². The summed E-state index contributed by atoms with van der Waals surface area (Å²) in [6, 6.07) is 11.3. The fourth-order valence-corrected chi connectivity index (χ4v) is 3.61. The predicted octanol–water partition coefficient (Wildman–Crippen LogP) is 2.78. The van der Waals surface area contributed by atoms with E-state index in [1.54, 1.807) is 7.05 Å². The average Bonchev–Trinajstić information content (AvgIpc) is 3.21. The summed E-state index contributed by atoms with van der Waals surface area (Å²) in [4.78, 5) is 40.8. The van der Waals surface area contributed by atoms with Crippen LogP contribution in [0.1, 0.15) is 0 Å². The number of carbonyl (C=O) groups excluding carboxylic acids is 1. The third-order valence-corrected chi connectivity index (χ3v) is 5.21. The Morgan fingerprint density at radius 3 is 2.85 bits per heavy atom. The Balaban J connectivity index is 1.64. The van der Waals surface area contributed by atoms with Crippen molar-refractivity contribution in [2.45, 2.75) is 6.54 Å². The number of para-hydroxylation sites is 1. The van der Waals surface area contributed by atoms with Crippen molar-refractivity contribution in [3.05, 3.63) is 63.1 Å². The number of hydrogen-bond acceptors (Lipinski definition) is 7. The summed E-state index contributed by atoms with van der Waals surface area (Å²) >= 11 is 1.37. The van der Waals surface area contributed by atoms with Gasteiger partial charge >= 0.3 is 5.76 Å². The third kappa shape index (κ3) is 2.95. The molecule has 0 saturated carbocycles. The van der Waals surface area contributed by atoms with Gasteiger partial charge in [0, 0.05) is 13.1 Å². The Kier molecular flexibility index (Phi) is 3.96. The van der Waals surface area contributed by atoms with Gasteiger partial charge in [-0.1, -0.05) is 23.5 Å². The molecule has 136 valence electrons. The number of benzene rings is 2. The molecule has 4 rings (SSSR count). The van der Waals surface area contributed by atoms with Gasteiger partial charge < -0.3 is 4.42 Å². The number of nitrogens with zero attached hydrogens (tertiary/aromatic N) is 4. The van der Waals surface area contributed by atoms with Crippen molar-refractivity contribution in [3.63, 3.8) is 0 Å². The van der Waals surface area contributed by atoms with Crippen LogP contribution in [0.4, 0.5) is 10.8 Å². The highest BCUT2D eigenvalue weighted by Gasteiger charge is 2.20. The summed E-state index contributed by atoms with van der Waals surface area (Å²) in [5.74, 6) is -1.12. The largest absolute Gasteiger partial charge is 0.420 e. The third-order valence-electron chi connectivity index (χ3n) is 4.10. The first-order valence-corrected chi connectivity index (χ1v) is 8.65. The number of carbonyl (C=O) groups is 1. The van der Waals surface area contributed by atoms with Gasteiger partial charge in [0.1, 0.15) is 6.54 Å². The number of nitro groups is 1. The maximum atomic E-state index is 12.6. The van der Waals surface area contributed by atoms with Crippen LogP contribution in [-0.2, 0) is 11.3 Å². The molecule has 0 aliphatic rings. The minimum atomic E-state index is -0.753. The molecule has 0 fully saturated rings. The molecule has 2 aromatic heterocycles. The van der Waals surface area contributed by atoms with Crippen molar-refractivity contribution >= 4 is 49.4 Å². The second-order valence-corrected chi connectivity index (χ2v) is 6.79. The van der Waals surface area contributed by atoms with E-state index in [1.165, 1.54) is 28.4 Å². The zero-order chi connectivity index (χ0) is 19.1. The minimum Gasteiger partial charge on any atom is -0.407 e. The van der Waals surface area contributed by atoms with Crippen LogP contribution in [0.3, 0.4) is 0 Å². The quantitative estimate of drug-likeness (QED) is 0.395. The molecule has 0 saturated heterocycles. The van der Waals surface area contributed by atoms with Crippen LogP contribution >= 0.6 is 11.3 Å². The zero-order valence-corrected chi connectivity index (χ0v) is 14.8. The highest BCUT2D eigenvalue weighted by Crippen LogP contribution is 2.28. The second-order valence-electron chi connectivity index (χ2n) is 5.78. The zero-order valence-electron chi connectivity index (χ0n) is 14.0. The van der Waals surface area contributed by atoms with Gasteiger partial charge in [-0.05, 0) is 18.2 Å². The van der Waals surface area contributed by atoms with Crippen molar-refractivity contribution in [3.8, 4) is 0 Å². The molecule has 0 unspecified atom stereocenters. The molecule has 4 aromatic rings. The van der Waals surface area contributed by atoms with Gasteiger partial charge in [0.15, 0.2) is 10.7 Å². The number of oxazole rings is 1. The lowest BCUT2D eigenvalue weighted by Gasteiger charge is -2.13. The predicted molar refractivity (Wildman–Crippen MR) is 100 cm³/mol. The number of rotatable bonds is 4. The monoisotopic (exact) mass is 384 g/mol. The molecule has 9 nitrogen and oxygen atoms in total. The SMILES string of the molecule is CN(C(=O)Cn1c(=O)oc2cc([N+](=O)[O-])ccc21)c1nc2ccccc2s1. The molecule has 0 bridgehead atoms. The normalized spacial score (nSPS) is 11.1. The maximum absolute atomic E-state index is 12.6. The fourth-order valence-electron chi connectivity index (χ4n) is 2.67. The molecular weight excluding hydrogens is 372 g/mol. The first-order valence-electron chi connectivity index (χ1n) is 7.84. The van der Waals surface area contributed by atoms with Crippen molar-refractivity contribution < 1.29 is 14.1 Å². The number of non-ortho nitro benzene ring substituents is 1. The highest BCUT2D eigenvalue weighted by atomic mass is 32.1. The Labute approximate surface area is 155 Å². The first kappa shape index (κ1) is 16.9. The number of amides is 1. The lowest BCUT2D eigenvalue weighted by atomic mass is 10.3. The lowest BCUT2D eigenvalue weighted by Crippen LogP contribution is -2.32. The lowest BCUT2D eigenvalue weighted by molar-refractivity contribution is -0.384. The van der Waals surface area contributed by atoms with Crippen molar-refractivity contribution in [2.24, 2.45) is 0 Å². The summed E-state index contributed by atoms with van der Waals surface area (Å²) in [6.45, 7) is -0.268. The van der Waals surface area contributed by atoms with Gasteiger partial charge in [0.05, 0.1) is 26.7 Å². The Hall–Kier alpha value is -3.53. The van der Waals surface area contributed by atoms with E-state index in [1.807, 2.05) is 24.3 Å². The number of anilines is 1. The van der Waals surface area contributed by atoms with Gasteiger partial charge in [-0.25, -0.2) is 9.78 Å². The number of aromatic nitrogens is 2. The van der Waals surface area contributed by atoms with Gasteiger partial charge in [-0.3, -0.25) is 24.4 Å². The Bertz CT molecular complexity index is 1220. The Morgan fingerprint density at radius 2 is 2.11 bits per heavy atom. The van der Waals surface area contributed by atoms with Crippen LogP contribution < -0.4 is 10.7 Å². The molecule has 1 amide bonds. The molecule has 0 aliphatic heterocycles. The molecule has 27 heavy (non-hydrogen) atoms. The second kappa shape index (κ2) is 6.32. The summed E-state index contributed by atoms with van der Waals surface area (Å²) in [6.07, 6.45) is 0. The summed E-state index contributed by atoms with van der Waals surface area (Å²) in [7, 11) is 1.58. The van der Waals surface area contributed by atoms with Gasteiger partial charge in [0.2, 0.25) is 5.91 Å². The molecule has 2 aromatic carbocycles. The van der Waals surface area contributed by atoms with Crippen LogP contribution in [0.2, 0.25) is 0 Å². The first-order chi connectivity index (χ1) is 12.9. The van der Waals surface area contributed by atoms with Gasteiger partial charge in [-0.2, -0.15) is 0 Å². The van der Waals surface area contributed by atoms with Gasteiger partial charge in [0.25, 0.3) is 5.69 Å². The fraction of sp³-hybridized carbons (Fsp3) is 0.118. The maximum Gasteiger partial charge on any atom is 0.420 e. The van der Waals surface area contributed by atoms with E-state index >= 15 is 0 Å². The Morgan fingerprint density at radius 1 is 1.33 bits per heavy atom. The van der Waals surface area contributed by atoms with E-state index in [0.29, 0.717) is 10.6 Å². The summed E-state index contributed by atoms with van der Waals surface area (Å²) in [5.41, 5.74) is 0.970. The van der Waals surface area contributed by atoms with E-state index in [2.05, 4.69) is 4.98 Å². The van der Waals surface area contributed by atoms with Crippen molar-refractivity contribution in [1.29, 1.82) is 0 Å². The summed E-state index contributed by atoms with van der Waals surface area (Å²) < 4.78 is 7.14.